The van der Waals surface area contributed by atoms with Crippen molar-refractivity contribution in [3.05, 3.63) is 64.8 Å². The summed E-state index contributed by atoms with van der Waals surface area (Å²) >= 11 is 0. The minimum atomic E-state index is -0.109. The minimum Gasteiger partial charge on any atom is -0.497 e. The van der Waals surface area contributed by atoms with Gasteiger partial charge in [-0.3, -0.25) is 9.89 Å². The summed E-state index contributed by atoms with van der Waals surface area (Å²) in [6.45, 7) is 0. The number of H-pyrrole nitrogens is 1. The number of anilines is 1. The van der Waals surface area contributed by atoms with Crippen molar-refractivity contribution in [2.45, 2.75) is 6.42 Å². The number of nitrogens with zero attached hydrogens (tertiary/aromatic N) is 1. The number of aromatic nitrogens is 2. The minimum absolute atomic E-state index is 0.109. The molecule has 0 saturated heterocycles. The second kappa shape index (κ2) is 5.08. The van der Waals surface area contributed by atoms with Crippen molar-refractivity contribution >= 4 is 23.2 Å². The lowest BCUT2D eigenvalue weighted by molar-refractivity contribution is -0.110. The van der Waals surface area contributed by atoms with Crippen LogP contribution in [0.15, 0.2) is 42.5 Å². The Labute approximate surface area is 144 Å². The lowest BCUT2D eigenvalue weighted by Crippen LogP contribution is -2.03. The number of rotatable bonds is 2. The van der Waals surface area contributed by atoms with Gasteiger partial charge < -0.3 is 10.1 Å². The zero-order valence-electron chi connectivity index (χ0n) is 13.6. The first-order chi connectivity index (χ1) is 12.2. The smallest absolute Gasteiger partial charge is 0.256 e. The highest BCUT2D eigenvalue weighted by Gasteiger charge is 2.28. The number of ether oxygens (including phenoxy) is 1. The monoisotopic (exact) mass is 329 g/mol. The number of fused-ring (bicyclic) bond motifs is 4. The van der Waals surface area contributed by atoms with Crippen molar-refractivity contribution in [1.29, 1.82) is 0 Å². The van der Waals surface area contributed by atoms with Crippen molar-refractivity contribution in [2.75, 3.05) is 12.4 Å². The fraction of sp³-hybridized carbons (Fsp3) is 0.100. The van der Waals surface area contributed by atoms with Gasteiger partial charge in [0.15, 0.2) is 0 Å². The molecular formula is C20H15N3O2. The van der Waals surface area contributed by atoms with Crippen LogP contribution >= 0.6 is 0 Å². The zero-order valence-corrected chi connectivity index (χ0v) is 13.6. The SMILES string of the molecule is COc1ccc2c(c1)/C(=C/c1[nH]nc3c1Cc1ccccc1-3)C(=O)N2. The van der Waals surface area contributed by atoms with Gasteiger partial charge in [0.1, 0.15) is 5.75 Å². The molecule has 0 atom stereocenters. The van der Waals surface area contributed by atoms with E-state index in [4.69, 9.17) is 4.74 Å². The third-order valence-corrected chi connectivity index (χ3v) is 4.84. The molecule has 0 unspecified atom stereocenters. The lowest BCUT2D eigenvalue weighted by Gasteiger charge is -2.03. The van der Waals surface area contributed by atoms with Crippen LogP contribution in [0.3, 0.4) is 0 Å². The van der Waals surface area contributed by atoms with Crippen LogP contribution in [0, 0.1) is 0 Å². The number of carbonyl (C=O) groups is 1. The Bertz CT molecular complexity index is 1060. The predicted octanol–water partition coefficient (Wildman–Crippen LogP) is 3.48. The van der Waals surface area contributed by atoms with E-state index in [1.165, 1.54) is 5.56 Å². The largest absolute Gasteiger partial charge is 0.497 e. The first-order valence-electron chi connectivity index (χ1n) is 8.11. The van der Waals surface area contributed by atoms with Crippen LogP contribution in [0.5, 0.6) is 5.75 Å². The van der Waals surface area contributed by atoms with Crippen molar-refractivity contribution < 1.29 is 9.53 Å². The van der Waals surface area contributed by atoms with Crippen molar-refractivity contribution in [3.8, 4) is 17.0 Å². The van der Waals surface area contributed by atoms with Gasteiger partial charge in [-0.05, 0) is 29.8 Å². The summed E-state index contributed by atoms with van der Waals surface area (Å²) in [5.74, 6) is 0.616. The van der Waals surface area contributed by atoms with Gasteiger partial charge >= 0.3 is 0 Å². The molecule has 0 radical (unpaired) electrons. The molecule has 0 spiro atoms. The average molecular weight is 329 g/mol. The molecule has 2 heterocycles. The molecule has 1 aromatic heterocycles. The maximum atomic E-state index is 12.4. The van der Waals surface area contributed by atoms with E-state index in [-0.39, 0.29) is 5.91 Å². The fourth-order valence-corrected chi connectivity index (χ4v) is 3.58. The summed E-state index contributed by atoms with van der Waals surface area (Å²) in [5, 5.41) is 10.5. The van der Waals surface area contributed by atoms with Crippen molar-refractivity contribution in [1.82, 2.24) is 10.2 Å². The summed E-state index contributed by atoms with van der Waals surface area (Å²) in [6.07, 6.45) is 2.71. The normalized spacial score (nSPS) is 15.7. The maximum Gasteiger partial charge on any atom is 0.256 e. The Kier molecular flexibility index (Phi) is 2.85. The molecule has 1 aliphatic carbocycles. The number of nitrogens with one attached hydrogen (secondary N) is 2. The second-order valence-corrected chi connectivity index (χ2v) is 6.22. The number of hydrogen-bond donors (Lipinski definition) is 2. The topological polar surface area (TPSA) is 67.0 Å². The van der Waals surface area contributed by atoms with E-state index in [2.05, 4.69) is 27.6 Å². The van der Waals surface area contributed by atoms with Gasteiger partial charge in [0.05, 0.1) is 24.1 Å². The zero-order chi connectivity index (χ0) is 17.0. The quantitative estimate of drug-likeness (QED) is 0.553. The summed E-state index contributed by atoms with van der Waals surface area (Å²) in [5.41, 5.74) is 7.70. The van der Waals surface area contributed by atoms with E-state index in [9.17, 15) is 4.79 Å². The summed E-state index contributed by atoms with van der Waals surface area (Å²) in [4.78, 5) is 12.4. The van der Waals surface area contributed by atoms with Crippen LogP contribution < -0.4 is 10.1 Å². The Hall–Kier alpha value is -3.34. The fourth-order valence-electron chi connectivity index (χ4n) is 3.58. The first-order valence-corrected chi connectivity index (χ1v) is 8.11. The molecule has 2 N–H and O–H groups in total. The third-order valence-electron chi connectivity index (χ3n) is 4.84. The molecule has 1 aliphatic heterocycles. The van der Waals surface area contributed by atoms with Crippen LogP contribution in [-0.2, 0) is 11.2 Å². The van der Waals surface area contributed by atoms with Gasteiger partial charge in [0.25, 0.3) is 5.91 Å². The van der Waals surface area contributed by atoms with E-state index in [1.807, 2.05) is 36.4 Å². The number of carbonyl (C=O) groups excluding carboxylic acids is 1. The standard InChI is InChI=1S/C20H15N3O2/c1-25-12-6-7-17-14(9-12)15(20(24)21-17)10-18-16-8-11-4-2-3-5-13(11)19(16)23-22-18/h2-7,9-10H,8H2,1H3,(H,21,24)(H,22,23)/b15-10-. The molecule has 0 bridgehead atoms. The van der Waals surface area contributed by atoms with Crippen LogP contribution in [0.4, 0.5) is 5.69 Å². The van der Waals surface area contributed by atoms with E-state index in [0.29, 0.717) is 5.57 Å². The highest BCUT2D eigenvalue weighted by Crippen LogP contribution is 2.39. The molecule has 3 aromatic rings. The lowest BCUT2D eigenvalue weighted by atomic mass is 10.0. The molecule has 5 nitrogen and oxygen atoms in total. The highest BCUT2D eigenvalue weighted by molar-refractivity contribution is 6.35. The van der Waals surface area contributed by atoms with Crippen LogP contribution in [-0.4, -0.2) is 23.2 Å². The van der Waals surface area contributed by atoms with Gasteiger partial charge in [0, 0.05) is 28.8 Å². The number of hydrogen-bond acceptors (Lipinski definition) is 3. The van der Waals surface area contributed by atoms with Gasteiger partial charge in [-0.25, -0.2) is 0 Å². The molecule has 25 heavy (non-hydrogen) atoms. The number of methoxy groups -OCH3 is 1. The third kappa shape index (κ3) is 2.02. The van der Waals surface area contributed by atoms with Crippen molar-refractivity contribution in [2.24, 2.45) is 0 Å². The molecule has 2 aliphatic rings. The molecule has 5 heteroatoms. The summed E-state index contributed by atoms with van der Waals surface area (Å²) < 4.78 is 5.29. The number of amides is 1. The Morgan fingerprint density at radius 1 is 1.16 bits per heavy atom. The summed E-state index contributed by atoms with van der Waals surface area (Å²) in [7, 11) is 1.62. The molecule has 122 valence electrons. The Morgan fingerprint density at radius 2 is 2.04 bits per heavy atom. The molecule has 5 rings (SSSR count). The molecule has 1 amide bonds. The second-order valence-electron chi connectivity index (χ2n) is 6.22. The Balaban J connectivity index is 1.62. The molecular weight excluding hydrogens is 314 g/mol. The van der Waals surface area contributed by atoms with Crippen molar-refractivity contribution in [3.63, 3.8) is 0 Å². The van der Waals surface area contributed by atoms with Gasteiger partial charge in [-0.2, -0.15) is 5.10 Å². The van der Waals surface area contributed by atoms with E-state index >= 15 is 0 Å². The van der Waals surface area contributed by atoms with Crippen LogP contribution in [0.2, 0.25) is 0 Å². The van der Waals surface area contributed by atoms with E-state index < -0.39 is 0 Å². The van der Waals surface area contributed by atoms with E-state index in [1.54, 1.807) is 7.11 Å². The molecule has 2 aromatic carbocycles. The maximum absolute atomic E-state index is 12.4. The van der Waals surface area contributed by atoms with Crippen LogP contribution in [0.25, 0.3) is 22.9 Å². The van der Waals surface area contributed by atoms with Gasteiger partial charge in [-0.15, -0.1) is 0 Å². The average Bonchev–Trinajstić information content (AvgIpc) is 3.28. The number of benzene rings is 2. The highest BCUT2D eigenvalue weighted by atomic mass is 16.5. The summed E-state index contributed by atoms with van der Waals surface area (Å²) in [6, 6.07) is 13.8. The van der Waals surface area contributed by atoms with Crippen LogP contribution in [0.1, 0.15) is 22.4 Å². The first kappa shape index (κ1) is 14.0. The van der Waals surface area contributed by atoms with Gasteiger partial charge in [0.2, 0.25) is 0 Å². The predicted molar refractivity (Wildman–Crippen MR) is 96.3 cm³/mol. The molecule has 0 saturated carbocycles. The van der Waals surface area contributed by atoms with E-state index in [0.717, 1.165) is 45.9 Å². The Morgan fingerprint density at radius 3 is 2.92 bits per heavy atom. The van der Waals surface area contributed by atoms with Gasteiger partial charge in [-0.1, -0.05) is 24.3 Å². The molecule has 0 fully saturated rings. The number of aromatic amines is 1.